The van der Waals surface area contributed by atoms with Crippen molar-refractivity contribution in [2.45, 2.75) is 44.6 Å². The van der Waals surface area contributed by atoms with Crippen molar-refractivity contribution in [3.63, 3.8) is 0 Å². The van der Waals surface area contributed by atoms with Gasteiger partial charge in [-0.25, -0.2) is 4.39 Å². The Labute approximate surface area is 107 Å². The fraction of sp³-hybridized carbons (Fsp3) is 0.500. The number of rotatable bonds is 2. The highest BCUT2D eigenvalue weighted by Crippen LogP contribution is 2.18. The van der Waals surface area contributed by atoms with Crippen LogP contribution in [-0.2, 0) is 0 Å². The number of nitrogen functional groups attached to an aromatic ring is 1. The van der Waals surface area contributed by atoms with Gasteiger partial charge in [0.25, 0.3) is 5.91 Å². The Morgan fingerprint density at radius 2 is 1.89 bits per heavy atom. The minimum atomic E-state index is -0.538. The Morgan fingerprint density at radius 3 is 2.50 bits per heavy atom. The molecule has 0 aromatic heterocycles. The number of halogens is 1. The van der Waals surface area contributed by atoms with Crippen LogP contribution in [0.4, 0.5) is 10.1 Å². The first-order valence-corrected chi connectivity index (χ1v) is 6.52. The largest absolute Gasteiger partial charge is 0.396 e. The third kappa shape index (κ3) is 3.22. The van der Waals surface area contributed by atoms with E-state index in [9.17, 15) is 9.18 Å². The van der Waals surface area contributed by atoms with Gasteiger partial charge in [-0.3, -0.25) is 4.79 Å². The molecule has 0 saturated heterocycles. The van der Waals surface area contributed by atoms with Crippen LogP contribution in [0, 0.1) is 5.82 Å². The van der Waals surface area contributed by atoms with Crippen molar-refractivity contribution in [1.82, 2.24) is 5.32 Å². The highest BCUT2D eigenvalue weighted by molar-refractivity contribution is 5.94. The molecule has 1 aliphatic carbocycles. The topological polar surface area (TPSA) is 55.1 Å². The van der Waals surface area contributed by atoms with Crippen LogP contribution < -0.4 is 11.1 Å². The zero-order valence-corrected chi connectivity index (χ0v) is 10.4. The molecule has 3 nitrogen and oxygen atoms in total. The van der Waals surface area contributed by atoms with Crippen LogP contribution in [0.5, 0.6) is 0 Å². The first-order chi connectivity index (χ1) is 8.66. The molecular weight excluding hydrogens is 231 g/mol. The summed E-state index contributed by atoms with van der Waals surface area (Å²) in [6.45, 7) is 0. The van der Waals surface area contributed by atoms with Crippen LogP contribution in [0.3, 0.4) is 0 Å². The SMILES string of the molecule is Nc1ccc(C(=O)NC2CCCCCC2)cc1F. The lowest BCUT2D eigenvalue weighted by atomic mass is 10.1. The van der Waals surface area contributed by atoms with Gasteiger partial charge in [0, 0.05) is 11.6 Å². The van der Waals surface area contributed by atoms with Gasteiger partial charge in [0.2, 0.25) is 0 Å². The second-order valence-corrected chi connectivity index (χ2v) is 4.90. The first kappa shape index (κ1) is 12.9. The van der Waals surface area contributed by atoms with Gasteiger partial charge in [-0.05, 0) is 31.0 Å². The molecule has 0 spiro atoms. The lowest BCUT2D eigenvalue weighted by Gasteiger charge is -2.16. The molecular formula is C14H19FN2O. The molecule has 0 unspecified atom stereocenters. The quantitative estimate of drug-likeness (QED) is 0.626. The van der Waals surface area contributed by atoms with Gasteiger partial charge in [-0.2, -0.15) is 0 Å². The molecule has 1 aromatic rings. The molecule has 18 heavy (non-hydrogen) atoms. The molecule has 4 heteroatoms. The zero-order chi connectivity index (χ0) is 13.0. The van der Waals surface area contributed by atoms with Gasteiger partial charge in [-0.15, -0.1) is 0 Å². The molecule has 1 fully saturated rings. The van der Waals surface area contributed by atoms with Gasteiger partial charge in [0.1, 0.15) is 5.82 Å². The van der Waals surface area contributed by atoms with Crippen LogP contribution in [-0.4, -0.2) is 11.9 Å². The maximum Gasteiger partial charge on any atom is 0.251 e. The van der Waals surface area contributed by atoms with Gasteiger partial charge in [0.05, 0.1) is 5.69 Å². The predicted octanol–water partition coefficient (Wildman–Crippen LogP) is 2.86. The predicted molar refractivity (Wildman–Crippen MR) is 69.8 cm³/mol. The number of amides is 1. The van der Waals surface area contributed by atoms with Gasteiger partial charge in [0.15, 0.2) is 0 Å². The van der Waals surface area contributed by atoms with Gasteiger partial charge < -0.3 is 11.1 Å². The third-order valence-corrected chi connectivity index (χ3v) is 3.45. The molecule has 0 bridgehead atoms. The summed E-state index contributed by atoms with van der Waals surface area (Å²) in [6.07, 6.45) is 6.82. The highest BCUT2D eigenvalue weighted by Gasteiger charge is 2.16. The van der Waals surface area contributed by atoms with Gasteiger partial charge >= 0.3 is 0 Å². The van der Waals surface area contributed by atoms with E-state index in [0.29, 0.717) is 5.56 Å². The number of carbonyl (C=O) groups is 1. The van der Waals surface area contributed by atoms with Crippen molar-refractivity contribution in [2.24, 2.45) is 0 Å². The number of nitrogens with two attached hydrogens (primary N) is 1. The lowest BCUT2D eigenvalue weighted by Crippen LogP contribution is -2.34. The summed E-state index contributed by atoms with van der Waals surface area (Å²) >= 11 is 0. The first-order valence-electron chi connectivity index (χ1n) is 6.52. The third-order valence-electron chi connectivity index (χ3n) is 3.45. The van der Waals surface area contributed by atoms with Crippen LogP contribution >= 0.6 is 0 Å². The fourth-order valence-electron chi connectivity index (χ4n) is 2.36. The van der Waals surface area contributed by atoms with Crippen LogP contribution in [0.1, 0.15) is 48.9 Å². The molecule has 1 amide bonds. The fourth-order valence-corrected chi connectivity index (χ4v) is 2.36. The molecule has 1 aromatic carbocycles. The molecule has 0 atom stereocenters. The van der Waals surface area contributed by atoms with Crippen molar-refractivity contribution in [1.29, 1.82) is 0 Å². The summed E-state index contributed by atoms with van der Waals surface area (Å²) in [5.74, 6) is -0.746. The average molecular weight is 250 g/mol. The van der Waals surface area contributed by atoms with Crippen molar-refractivity contribution in [3.8, 4) is 0 Å². The number of hydrogen-bond acceptors (Lipinski definition) is 2. The van der Waals surface area contributed by atoms with E-state index in [-0.39, 0.29) is 17.6 Å². The maximum absolute atomic E-state index is 13.3. The van der Waals surface area contributed by atoms with E-state index in [1.54, 1.807) is 6.07 Å². The lowest BCUT2D eigenvalue weighted by molar-refractivity contribution is 0.0933. The molecule has 98 valence electrons. The molecule has 0 radical (unpaired) electrons. The standard InChI is InChI=1S/C14H19FN2O/c15-12-9-10(7-8-13(12)16)14(18)17-11-5-3-1-2-4-6-11/h7-9,11H,1-6,16H2,(H,17,18). The number of anilines is 1. The zero-order valence-electron chi connectivity index (χ0n) is 10.4. The molecule has 3 N–H and O–H groups in total. The summed E-state index contributed by atoms with van der Waals surface area (Å²) < 4.78 is 13.3. The van der Waals surface area contributed by atoms with Crippen molar-refractivity contribution < 1.29 is 9.18 Å². The minimum absolute atomic E-state index is 0.0704. The molecule has 1 aliphatic rings. The summed E-state index contributed by atoms with van der Waals surface area (Å²) in [5, 5.41) is 2.98. The Kier molecular flexibility index (Phi) is 4.18. The highest BCUT2D eigenvalue weighted by atomic mass is 19.1. The van der Waals surface area contributed by atoms with Crippen molar-refractivity contribution in [3.05, 3.63) is 29.6 Å². The van der Waals surface area contributed by atoms with Crippen LogP contribution in [0.2, 0.25) is 0 Å². The van der Waals surface area contributed by atoms with E-state index in [1.165, 1.54) is 25.0 Å². The van der Waals surface area contributed by atoms with E-state index in [4.69, 9.17) is 5.73 Å². The summed E-state index contributed by atoms with van der Waals surface area (Å²) in [5.41, 5.74) is 5.80. The van der Waals surface area contributed by atoms with Crippen LogP contribution in [0.15, 0.2) is 18.2 Å². The van der Waals surface area contributed by atoms with Crippen LogP contribution in [0.25, 0.3) is 0 Å². The van der Waals surface area contributed by atoms with E-state index in [1.807, 2.05) is 0 Å². The summed E-state index contributed by atoms with van der Waals surface area (Å²) in [7, 11) is 0. The average Bonchev–Trinajstić information content (AvgIpc) is 2.61. The Morgan fingerprint density at radius 1 is 1.22 bits per heavy atom. The maximum atomic E-state index is 13.3. The Balaban J connectivity index is 1.99. The monoisotopic (exact) mass is 250 g/mol. The number of benzene rings is 1. The molecule has 0 heterocycles. The minimum Gasteiger partial charge on any atom is -0.396 e. The van der Waals surface area contributed by atoms with E-state index < -0.39 is 5.82 Å². The van der Waals surface area contributed by atoms with E-state index >= 15 is 0 Å². The smallest absolute Gasteiger partial charge is 0.251 e. The second-order valence-electron chi connectivity index (χ2n) is 4.90. The van der Waals surface area contributed by atoms with E-state index in [0.717, 1.165) is 25.7 Å². The Bertz CT molecular complexity index is 426. The van der Waals surface area contributed by atoms with Crippen molar-refractivity contribution >= 4 is 11.6 Å². The normalized spacial score (nSPS) is 17.2. The number of hydrogen-bond donors (Lipinski definition) is 2. The number of carbonyl (C=O) groups excluding carboxylic acids is 1. The van der Waals surface area contributed by atoms with E-state index in [2.05, 4.69) is 5.32 Å². The number of nitrogens with one attached hydrogen (secondary N) is 1. The second kappa shape index (κ2) is 5.85. The van der Waals surface area contributed by atoms with Crippen molar-refractivity contribution in [2.75, 3.05) is 5.73 Å². The summed E-state index contributed by atoms with van der Waals surface area (Å²) in [6, 6.07) is 4.41. The Hall–Kier alpha value is -1.58. The molecule has 2 rings (SSSR count). The molecule has 0 aliphatic heterocycles. The van der Waals surface area contributed by atoms with Gasteiger partial charge in [-0.1, -0.05) is 25.7 Å². The molecule has 1 saturated carbocycles. The summed E-state index contributed by atoms with van der Waals surface area (Å²) in [4.78, 5) is 12.0.